The molecule has 2 aromatic carbocycles. The fraction of sp³-hybridized carbons (Fsp3) is 0.304. The monoisotopic (exact) mass is 511 g/mol. The molecule has 2 aromatic rings. The largest absolute Gasteiger partial charge is 0.421 e. The first-order valence-electron chi connectivity index (χ1n) is 10.4. The average Bonchev–Trinajstić information content (AvgIpc) is 2.96. The molecule has 1 aliphatic carbocycles. The summed E-state index contributed by atoms with van der Waals surface area (Å²) >= 11 is 0. The van der Waals surface area contributed by atoms with Crippen LogP contribution in [0, 0.1) is 11.2 Å². The number of amides is 1. The Hall–Kier alpha value is -3.25. The summed E-state index contributed by atoms with van der Waals surface area (Å²) in [6.45, 7) is 3.23. The second kappa shape index (κ2) is 7.89. The van der Waals surface area contributed by atoms with Crippen molar-refractivity contribution in [2.75, 3.05) is 10.6 Å². The normalized spacial score (nSPS) is 22.5. The first-order chi connectivity index (χ1) is 16.1. The van der Waals surface area contributed by atoms with Gasteiger partial charge in [0, 0.05) is 17.8 Å². The minimum atomic E-state index is -5.58. The van der Waals surface area contributed by atoms with E-state index >= 15 is 0 Å². The van der Waals surface area contributed by atoms with Gasteiger partial charge in [-0.2, -0.15) is 17.9 Å². The predicted octanol–water partition coefficient (Wildman–Crippen LogP) is 3.68. The molecule has 0 aromatic heterocycles. The van der Waals surface area contributed by atoms with E-state index in [9.17, 15) is 35.6 Å². The van der Waals surface area contributed by atoms with Crippen molar-refractivity contribution in [1.82, 2.24) is 4.72 Å². The number of hydrogen-bond donors (Lipinski definition) is 2. The van der Waals surface area contributed by atoms with Crippen molar-refractivity contribution in [2.24, 2.45) is 5.41 Å². The number of para-hydroxylation sites is 1. The maximum atomic E-state index is 14.8. The van der Waals surface area contributed by atoms with Crippen LogP contribution in [-0.4, -0.2) is 31.8 Å². The smallest absolute Gasteiger partial charge is 0.399 e. The number of halogens is 4. The lowest BCUT2D eigenvalue weighted by Crippen LogP contribution is -2.66. The number of carbonyl (C=O) groups is 2. The van der Waals surface area contributed by atoms with Crippen LogP contribution in [0.1, 0.15) is 26.7 Å². The van der Waals surface area contributed by atoms with Gasteiger partial charge < -0.3 is 5.73 Å². The Balaban J connectivity index is 2.00. The summed E-state index contributed by atoms with van der Waals surface area (Å²) in [6.07, 6.45) is -6.15. The van der Waals surface area contributed by atoms with Crippen LogP contribution >= 0.6 is 0 Å². The number of carbonyl (C=O) groups excluding carboxylic acids is 2. The fourth-order valence-corrected chi connectivity index (χ4v) is 5.83. The van der Waals surface area contributed by atoms with Crippen LogP contribution in [0.5, 0.6) is 0 Å². The number of nitrogens with zero attached hydrogens (tertiary/aromatic N) is 1. The minimum Gasteiger partial charge on any atom is -0.399 e. The van der Waals surface area contributed by atoms with Crippen molar-refractivity contribution in [2.45, 2.75) is 43.3 Å². The summed E-state index contributed by atoms with van der Waals surface area (Å²) in [7, 11) is -5.01. The Bertz CT molecular complexity index is 1370. The molecule has 0 fully saturated rings. The molecule has 1 unspecified atom stereocenters. The second-order valence-corrected chi connectivity index (χ2v) is 11.0. The van der Waals surface area contributed by atoms with Gasteiger partial charge in [0.1, 0.15) is 5.82 Å². The molecule has 1 amide bonds. The number of anilines is 2. The van der Waals surface area contributed by atoms with Crippen LogP contribution in [0.4, 0.5) is 28.9 Å². The van der Waals surface area contributed by atoms with E-state index in [-0.39, 0.29) is 18.5 Å². The van der Waals surface area contributed by atoms with Gasteiger partial charge in [-0.25, -0.2) is 12.8 Å². The molecule has 0 saturated heterocycles. The van der Waals surface area contributed by atoms with Crippen molar-refractivity contribution < 1.29 is 35.6 Å². The Morgan fingerprint density at radius 2 is 1.60 bits per heavy atom. The van der Waals surface area contributed by atoms with Gasteiger partial charge in [0.2, 0.25) is 15.6 Å². The topological polar surface area (TPSA) is 110 Å². The minimum absolute atomic E-state index is 0.159. The number of Topliss-reactive ketones (excluding diaryl/α,β-unsaturated/α-hetero) is 1. The Labute approximate surface area is 198 Å². The first kappa shape index (κ1) is 24.9. The van der Waals surface area contributed by atoms with Gasteiger partial charge in [-0.15, -0.1) is 0 Å². The number of allylic oxidation sites excluding steroid dienone is 1. The van der Waals surface area contributed by atoms with Crippen molar-refractivity contribution in [3.8, 4) is 0 Å². The molecule has 2 aliphatic rings. The molecule has 0 spiro atoms. The van der Waals surface area contributed by atoms with Crippen LogP contribution in [0.15, 0.2) is 64.7 Å². The molecule has 1 atom stereocenters. The van der Waals surface area contributed by atoms with E-state index in [0.717, 1.165) is 36.4 Å². The van der Waals surface area contributed by atoms with Gasteiger partial charge in [-0.3, -0.25) is 14.5 Å². The van der Waals surface area contributed by atoms with Gasteiger partial charge in [0.25, 0.3) is 5.91 Å². The highest BCUT2D eigenvalue weighted by atomic mass is 32.2. The fourth-order valence-electron chi connectivity index (χ4n) is 4.51. The number of benzene rings is 2. The summed E-state index contributed by atoms with van der Waals surface area (Å²) in [6, 6.07) is 8.90. The van der Waals surface area contributed by atoms with Crippen LogP contribution in [-0.2, 0) is 19.6 Å². The third kappa shape index (κ3) is 3.90. The average molecular weight is 511 g/mol. The molecule has 35 heavy (non-hydrogen) atoms. The zero-order chi connectivity index (χ0) is 26.0. The van der Waals surface area contributed by atoms with E-state index in [4.69, 9.17) is 5.73 Å². The van der Waals surface area contributed by atoms with E-state index in [0.29, 0.717) is 4.90 Å². The standard InChI is InChI=1S/C23H21F4N3O4S/c1-21(2)11-17-19(18(31)12-21)22(23(25,26)27,20(32)30(17)16-6-4-3-5-15(16)24)29-35(33,34)14-9-7-13(28)8-10-14/h3-10,29H,11-12,28H2,1-2H3. The molecule has 186 valence electrons. The first-order valence-corrected chi connectivity index (χ1v) is 11.9. The number of nitrogens with one attached hydrogen (secondary N) is 1. The zero-order valence-electron chi connectivity index (χ0n) is 18.6. The molecule has 4 rings (SSSR count). The van der Waals surface area contributed by atoms with Gasteiger partial charge in [0.05, 0.1) is 16.2 Å². The molecule has 1 heterocycles. The van der Waals surface area contributed by atoms with Crippen molar-refractivity contribution >= 4 is 33.1 Å². The molecule has 12 heteroatoms. The molecular weight excluding hydrogens is 490 g/mol. The maximum Gasteiger partial charge on any atom is 0.421 e. The number of hydrogen-bond acceptors (Lipinski definition) is 5. The highest BCUT2D eigenvalue weighted by Crippen LogP contribution is 2.53. The highest BCUT2D eigenvalue weighted by molar-refractivity contribution is 7.89. The lowest BCUT2D eigenvalue weighted by atomic mass is 9.72. The van der Waals surface area contributed by atoms with E-state index in [1.54, 1.807) is 13.8 Å². The predicted molar refractivity (Wildman–Crippen MR) is 119 cm³/mol. The van der Waals surface area contributed by atoms with Gasteiger partial charge in [-0.1, -0.05) is 26.0 Å². The lowest BCUT2D eigenvalue weighted by Gasteiger charge is -2.35. The van der Waals surface area contributed by atoms with Gasteiger partial charge in [0.15, 0.2) is 5.78 Å². The SMILES string of the molecule is CC1(C)CC(=O)C2=C(C1)N(c1ccccc1F)C(=O)C2(NS(=O)(=O)c1ccc(N)cc1)C(F)(F)F. The molecule has 0 saturated carbocycles. The van der Waals surface area contributed by atoms with Crippen molar-refractivity contribution in [3.63, 3.8) is 0 Å². The number of nitrogen functional groups attached to an aromatic ring is 1. The molecular formula is C23H21F4N3O4S. The van der Waals surface area contributed by atoms with Crippen LogP contribution in [0.2, 0.25) is 0 Å². The number of rotatable bonds is 4. The van der Waals surface area contributed by atoms with E-state index < -0.39 is 66.5 Å². The maximum absolute atomic E-state index is 14.8. The van der Waals surface area contributed by atoms with Crippen LogP contribution in [0.25, 0.3) is 0 Å². The summed E-state index contributed by atoms with van der Waals surface area (Å²) < 4.78 is 86.9. The number of alkyl halides is 3. The molecule has 0 radical (unpaired) electrons. The Kier molecular flexibility index (Phi) is 5.60. The van der Waals surface area contributed by atoms with Gasteiger partial charge in [-0.05, 0) is 48.2 Å². The number of sulfonamides is 1. The highest BCUT2D eigenvalue weighted by Gasteiger charge is 2.72. The number of ketones is 1. The molecule has 1 aliphatic heterocycles. The second-order valence-electron chi connectivity index (χ2n) is 9.28. The summed E-state index contributed by atoms with van der Waals surface area (Å²) in [5, 5.41) is 0. The van der Waals surface area contributed by atoms with E-state index in [1.165, 1.54) is 16.9 Å². The summed E-state index contributed by atoms with van der Waals surface area (Å²) in [4.78, 5) is 26.6. The van der Waals surface area contributed by atoms with Crippen molar-refractivity contribution in [3.05, 3.63) is 65.6 Å². The van der Waals surface area contributed by atoms with Crippen LogP contribution < -0.4 is 15.4 Å². The third-order valence-electron chi connectivity index (χ3n) is 6.02. The van der Waals surface area contributed by atoms with Crippen LogP contribution in [0.3, 0.4) is 0 Å². The summed E-state index contributed by atoms with van der Waals surface area (Å²) in [5.41, 5.74) is -1.07. The molecule has 7 nitrogen and oxygen atoms in total. The number of nitrogens with two attached hydrogens (primary N) is 1. The molecule has 3 N–H and O–H groups in total. The van der Waals surface area contributed by atoms with E-state index in [2.05, 4.69) is 0 Å². The Morgan fingerprint density at radius 1 is 1.00 bits per heavy atom. The third-order valence-corrected chi connectivity index (χ3v) is 7.49. The lowest BCUT2D eigenvalue weighted by molar-refractivity contribution is -0.184. The summed E-state index contributed by atoms with van der Waals surface area (Å²) in [5.74, 6) is -3.89. The Morgan fingerprint density at radius 3 is 2.17 bits per heavy atom. The zero-order valence-corrected chi connectivity index (χ0v) is 19.4. The quantitative estimate of drug-likeness (QED) is 0.481. The van der Waals surface area contributed by atoms with Gasteiger partial charge >= 0.3 is 6.18 Å². The van der Waals surface area contributed by atoms with Crippen molar-refractivity contribution in [1.29, 1.82) is 0 Å². The molecule has 0 bridgehead atoms. The van der Waals surface area contributed by atoms with E-state index in [1.807, 2.05) is 0 Å².